The van der Waals surface area contributed by atoms with E-state index in [2.05, 4.69) is 24.4 Å². The fourth-order valence-electron chi connectivity index (χ4n) is 2.46. The van der Waals surface area contributed by atoms with Crippen LogP contribution in [0.2, 0.25) is 5.02 Å². The van der Waals surface area contributed by atoms with Crippen molar-refractivity contribution in [3.8, 4) is 0 Å². The first-order chi connectivity index (χ1) is 9.20. The molecule has 1 saturated carbocycles. The molecule has 2 N–H and O–H groups in total. The summed E-state index contributed by atoms with van der Waals surface area (Å²) in [5.74, 6) is 1.20. The number of rotatable bonds is 8. The zero-order chi connectivity index (χ0) is 13.7. The van der Waals surface area contributed by atoms with Gasteiger partial charge >= 0.3 is 0 Å². The van der Waals surface area contributed by atoms with E-state index < -0.39 is 0 Å². The molecule has 0 radical (unpaired) electrons. The number of nitrogens with one attached hydrogen (secondary N) is 1. The first kappa shape index (κ1) is 14.8. The minimum atomic E-state index is 0.295. The van der Waals surface area contributed by atoms with E-state index in [1.807, 2.05) is 12.1 Å². The third-order valence-electron chi connectivity index (χ3n) is 3.87. The maximum Gasteiger partial charge on any atom is 0.0456 e. The van der Waals surface area contributed by atoms with E-state index in [1.165, 1.54) is 18.4 Å². The molecule has 19 heavy (non-hydrogen) atoms. The van der Waals surface area contributed by atoms with Crippen molar-refractivity contribution in [1.29, 1.82) is 0 Å². The molecule has 0 amide bonds. The normalized spacial score (nSPS) is 18.3. The van der Waals surface area contributed by atoms with Gasteiger partial charge < -0.3 is 10.4 Å². The second-order valence-corrected chi connectivity index (χ2v) is 6.19. The van der Waals surface area contributed by atoms with Gasteiger partial charge in [-0.1, -0.05) is 30.7 Å². The molecule has 0 aliphatic heterocycles. The molecule has 2 atom stereocenters. The minimum Gasteiger partial charge on any atom is -0.396 e. The summed E-state index contributed by atoms with van der Waals surface area (Å²) in [6, 6.07) is 8.69. The van der Waals surface area contributed by atoms with Gasteiger partial charge in [0, 0.05) is 17.7 Å². The largest absolute Gasteiger partial charge is 0.396 e. The molecule has 1 aliphatic carbocycles. The Morgan fingerprint density at radius 2 is 2.00 bits per heavy atom. The van der Waals surface area contributed by atoms with Gasteiger partial charge in [0.2, 0.25) is 0 Å². The van der Waals surface area contributed by atoms with Crippen LogP contribution in [0.5, 0.6) is 0 Å². The summed E-state index contributed by atoms with van der Waals surface area (Å²) >= 11 is 5.95. The van der Waals surface area contributed by atoms with Crippen LogP contribution in [-0.2, 0) is 0 Å². The van der Waals surface area contributed by atoms with Crippen molar-refractivity contribution in [2.24, 2.45) is 11.8 Å². The van der Waals surface area contributed by atoms with Gasteiger partial charge in [0.15, 0.2) is 0 Å². The van der Waals surface area contributed by atoms with Gasteiger partial charge in [-0.2, -0.15) is 0 Å². The Labute approximate surface area is 121 Å². The maximum absolute atomic E-state index is 9.01. The average molecular weight is 282 g/mol. The Morgan fingerprint density at radius 3 is 2.58 bits per heavy atom. The Kier molecular flexibility index (Phi) is 5.68. The van der Waals surface area contributed by atoms with E-state index in [9.17, 15) is 0 Å². The number of benzene rings is 1. The second kappa shape index (κ2) is 7.28. The highest BCUT2D eigenvalue weighted by molar-refractivity contribution is 6.30. The SMILES string of the molecule is CC(CO)CCCNC(c1ccc(Cl)cc1)C1CC1. The monoisotopic (exact) mass is 281 g/mol. The summed E-state index contributed by atoms with van der Waals surface area (Å²) in [5.41, 5.74) is 1.35. The van der Waals surface area contributed by atoms with Crippen molar-refractivity contribution in [2.75, 3.05) is 13.2 Å². The fourth-order valence-corrected chi connectivity index (χ4v) is 2.58. The highest BCUT2D eigenvalue weighted by Crippen LogP contribution is 2.41. The van der Waals surface area contributed by atoms with Crippen molar-refractivity contribution >= 4 is 11.6 Å². The second-order valence-electron chi connectivity index (χ2n) is 5.75. The molecule has 3 heteroatoms. The van der Waals surface area contributed by atoms with Crippen LogP contribution in [0.25, 0.3) is 0 Å². The zero-order valence-electron chi connectivity index (χ0n) is 11.6. The van der Waals surface area contributed by atoms with E-state index in [0.717, 1.165) is 30.3 Å². The van der Waals surface area contributed by atoms with Crippen LogP contribution in [-0.4, -0.2) is 18.3 Å². The Morgan fingerprint density at radius 1 is 1.32 bits per heavy atom. The number of hydrogen-bond acceptors (Lipinski definition) is 2. The van der Waals surface area contributed by atoms with Crippen LogP contribution >= 0.6 is 11.6 Å². The maximum atomic E-state index is 9.01. The van der Waals surface area contributed by atoms with Crippen LogP contribution in [0, 0.1) is 11.8 Å². The molecule has 106 valence electrons. The van der Waals surface area contributed by atoms with E-state index in [4.69, 9.17) is 16.7 Å². The quantitative estimate of drug-likeness (QED) is 0.711. The smallest absolute Gasteiger partial charge is 0.0456 e. The molecule has 1 fully saturated rings. The molecule has 1 aliphatic rings. The van der Waals surface area contributed by atoms with Crippen LogP contribution in [0.15, 0.2) is 24.3 Å². The van der Waals surface area contributed by atoms with Gasteiger partial charge in [-0.25, -0.2) is 0 Å². The molecule has 0 saturated heterocycles. The average Bonchev–Trinajstić information content (AvgIpc) is 3.24. The van der Waals surface area contributed by atoms with Gasteiger partial charge in [-0.3, -0.25) is 0 Å². The molecule has 2 rings (SSSR count). The first-order valence-electron chi connectivity index (χ1n) is 7.30. The van der Waals surface area contributed by atoms with Crippen molar-refractivity contribution in [2.45, 2.75) is 38.6 Å². The lowest BCUT2D eigenvalue weighted by atomic mass is 10.0. The molecule has 1 aromatic carbocycles. The van der Waals surface area contributed by atoms with E-state index in [1.54, 1.807) is 0 Å². The molecule has 0 spiro atoms. The summed E-state index contributed by atoms with van der Waals surface area (Å²) in [4.78, 5) is 0. The predicted octanol–water partition coefficient (Wildman–Crippen LogP) is 3.79. The summed E-state index contributed by atoms with van der Waals surface area (Å²) in [6.45, 7) is 3.41. The summed E-state index contributed by atoms with van der Waals surface area (Å²) in [5, 5.41) is 13.5. The lowest BCUT2D eigenvalue weighted by molar-refractivity contribution is 0.227. The van der Waals surface area contributed by atoms with Crippen LogP contribution < -0.4 is 5.32 Å². The molecule has 2 nitrogen and oxygen atoms in total. The van der Waals surface area contributed by atoms with E-state index >= 15 is 0 Å². The fraction of sp³-hybridized carbons (Fsp3) is 0.625. The summed E-state index contributed by atoms with van der Waals surface area (Å²) < 4.78 is 0. The molecule has 0 heterocycles. The van der Waals surface area contributed by atoms with Crippen molar-refractivity contribution in [3.63, 3.8) is 0 Å². The lowest BCUT2D eigenvalue weighted by Crippen LogP contribution is -2.24. The van der Waals surface area contributed by atoms with Gasteiger partial charge in [0.25, 0.3) is 0 Å². The van der Waals surface area contributed by atoms with E-state index in [-0.39, 0.29) is 0 Å². The van der Waals surface area contributed by atoms with Gasteiger partial charge in [0.05, 0.1) is 0 Å². The highest BCUT2D eigenvalue weighted by atomic mass is 35.5. The Bertz CT molecular complexity index is 375. The van der Waals surface area contributed by atoms with Gasteiger partial charge in [-0.15, -0.1) is 0 Å². The number of halogens is 1. The molecular weight excluding hydrogens is 258 g/mol. The summed E-state index contributed by atoms with van der Waals surface area (Å²) in [7, 11) is 0. The number of aliphatic hydroxyl groups excluding tert-OH is 1. The van der Waals surface area contributed by atoms with Crippen molar-refractivity contribution in [3.05, 3.63) is 34.9 Å². The van der Waals surface area contributed by atoms with E-state index in [0.29, 0.717) is 18.6 Å². The first-order valence-corrected chi connectivity index (χ1v) is 7.68. The molecule has 2 unspecified atom stereocenters. The molecule has 0 bridgehead atoms. The summed E-state index contributed by atoms with van der Waals surface area (Å²) in [6.07, 6.45) is 4.86. The number of hydrogen-bond donors (Lipinski definition) is 2. The standard InChI is InChI=1S/C16H24ClNO/c1-12(11-19)3-2-10-18-16(13-4-5-13)14-6-8-15(17)9-7-14/h6-9,12-13,16,18-19H,2-5,10-11H2,1H3. The van der Waals surface area contributed by atoms with Crippen molar-refractivity contribution < 1.29 is 5.11 Å². The lowest BCUT2D eigenvalue weighted by Gasteiger charge is -2.19. The third-order valence-corrected chi connectivity index (χ3v) is 4.12. The van der Waals surface area contributed by atoms with Crippen LogP contribution in [0.4, 0.5) is 0 Å². The molecular formula is C16H24ClNO. The zero-order valence-corrected chi connectivity index (χ0v) is 12.4. The Balaban J connectivity index is 1.82. The van der Waals surface area contributed by atoms with Crippen LogP contribution in [0.3, 0.4) is 0 Å². The minimum absolute atomic E-state index is 0.295. The topological polar surface area (TPSA) is 32.3 Å². The predicted molar refractivity (Wildman–Crippen MR) is 80.4 cm³/mol. The number of aliphatic hydroxyl groups is 1. The highest BCUT2D eigenvalue weighted by Gasteiger charge is 2.31. The van der Waals surface area contributed by atoms with Crippen LogP contribution in [0.1, 0.15) is 44.2 Å². The molecule has 0 aromatic heterocycles. The Hall–Kier alpha value is -0.570. The van der Waals surface area contributed by atoms with Gasteiger partial charge in [0.1, 0.15) is 0 Å². The molecule has 1 aromatic rings. The van der Waals surface area contributed by atoms with Gasteiger partial charge in [-0.05, 0) is 61.8 Å². The van der Waals surface area contributed by atoms with Crippen molar-refractivity contribution in [1.82, 2.24) is 5.32 Å². The third kappa shape index (κ3) is 4.79.